The Kier molecular flexibility index (Phi) is 5.05. The standard InChI is InChI=1S/C24H22N4O4S/c1-33(30,31)19-6-2-15(3-7-19)23(29)28-10-11-32-22-9-5-16(12-18(22)14-28)17-4-8-20-21(13-17)27-24(25)26-20/h2-9,12-13H,10-11,14H2,1H3,(H3,25,26,27). The molecule has 0 saturated carbocycles. The van der Waals surface area contributed by atoms with Gasteiger partial charge in [0.05, 0.1) is 22.5 Å². The molecule has 168 valence electrons. The van der Waals surface area contributed by atoms with Crippen LogP contribution in [0.5, 0.6) is 5.75 Å². The Morgan fingerprint density at radius 2 is 1.79 bits per heavy atom. The highest BCUT2D eigenvalue weighted by Crippen LogP contribution is 2.31. The second kappa shape index (κ2) is 7.93. The number of anilines is 1. The number of aromatic amines is 1. The van der Waals surface area contributed by atoms with Crippen molar-refractivity contribution in [3.05, 3.63) is 71.8 Å². The lowest BCUT2D eigenvalue weighted by Crippen LogP contribution is -2.32. The molecule has 33 heavy (non-hydrogen) atoms. The van der Waals surface area contributed by atoms with Crippen LogP contribution in [0.4, 0.5) is 5.95 Å². The Hall–Kier alpha value is -3.85. The number of nitrogens with zero attached hydrogens (tertiary/aromatic N) is 2. The van der Waals surface area contributed by atoms with Gasteiger partial charge < -0.3 is 20.4 Å². The quantitative estimate of drug-likeness (QED) is 0.483. The van der Waals surface area contributed by atoms with Gasteiger partial charge in [-0.1, -0.05) is 12.1 Å². The molecule has 1 aromatic heterocycles. The Morgan fingerprint density at radius 1 is 1.06 bits per heavy atom. The Labute approximate surface area is 190 Å². The molecule has 0 saturated heterocycles. The van der Waals surface area contributed by atoms with Crippen molar-refractivity contribution in [3.63, 3.8) is 0 Å². The zero-order chi connectivity index (χ0) is 23.2. The summed E-state index contributed by atoms with van der Waals surface area (Å²) < 4.78 is 29.3. The lowest BCUT2D eigenvalue weighted by Gasteiger charge is -2.20. The number of aromatic nitrogens is 2. The summed E-state index contributed by atoms with van der Waals surface area (Å²) in [5, 5.41) is 0. The zero-order valence-electron chi connectivity index (χ0n) is 17.9. The van der Waals surface area contributed by atoms with E-state index in [2.05, 4.69) is 9.97 Å². The number of sulfone groups is 1. The number of imidazole rings is 1. The van der Waals surface area contributed by atoms with Crippen molar-refractivity contribution in [2.24, 2.45) is 0 Å². The average Bonchev–Trinajstić information content (AvgIpc) is 3.03. The number of benzene rings is 3. The first-order chi connectivity index (χ1) is 15.8. The van der Waals surface area contributed by atoms with Gasteiger partial charge in [0.2, 0.25) is 0 Å². The minimum Gasteiger partial charge on any atom is -0.491 e. The highest BCUT2D eigenvalue weighted by Gasteiger charge is 2.22. The summed E-state index contributed by atoms with van der Waals surface area (Å²) in [4.78, 5) is 22.3. The van der Waals surface area contributed by atoms with Crippen molar-refractivity contribution in [2.75, 3.05) is 25.1 Å². The van der Waals surface area contributed by atoms with Crippen LogP contribution in [0.3, 0.4) is 0 Å². The maximum Gasteiger partial charge on any atom is 0.254 e. The van der Waals surface area contributed by atoms with Crippen molar-refractivity contribution < 1.29 is 17.9 Å². The van der Waals surface area contributed by atoms with Gasteiger partial charge in [0.25, 0.3) is 5.91 Å². The number of hydrogen-bond donors (Lipinski definition) is 2. The molecule has 2 heterocycles. The molecule has 0 atom stereocenters. The van der Waals surface area contributed by atoms with E-state index in [0.29, 0.717) is 31.2 Å². The SMILES string of the molecule is CS(=O)(=O)c1ccc(C(=O)N2CCOc3ccc(-c4ccc5nc(N)[nH]c5c4)cc3C2)cc1. The van der Waals surface area contributed by atoms with Crippen LogP contribution in [0, 0.1) is 0 Å². The van der Waals surface area contributed by atoms with E-state index in [-0.39, 0.29) is 10.8 Å². The van der Waals surface area contributed by atoms with Crippen LogP contribution >= 0.6 is 0 Å². The van der Waals surface area contributed by atoms with Gasteiger partial charge in [-0.2, -0.15) is 0 Å². The maximum atomic E-state index is 13.1. The number of ether oxygens (including phenoxy) is 1. The van der Waals surface area contributed by atoms with Crippen molar-refractivity contribution >= 4 is 32.7 Å². The third kappa shape index (κ3) is 4.14. The topological polar surface area (TPSA) is 118 Å². The zero-order valence-corrected chi connectivity index (χ0v) is 18.7. The largest absolute Gasteiger partial charge is 0.491 e. The molecule has 4 aromatic rings. The van der Waals surface area contributed by atoms with Gasteiger partial charge in [-0.15, -0.1) is 0 Å². The average molecular weight is 463 g/mol. The van der Waals surface area contributed by atoms with Crippen LogP contribution in [0.15, 0.2) is 65.6 Å². The monoisotopic (exact) mass is 462 g/mol. The first-order valence-electron chi connectivity index (χ1n) is 10.4. The van der Waals surface area contributed by atoms with Gasteiger partial charge in [0, 0.05) is 23.9 Å². The fourth-order valence-corrected chi connectivity index (χ4v) is 4.61. The molecule has 0 aliphatic carbocycles. The molecular formula is C24H22N4O4S. The van der Waals surface area contributed by atoms with Crippen LogP contribution in [-0.2, 0) is 16.4 Å². The summed E-state index contributed by atoms with van der Waals surface area (Å²) >= 11 is 0. The van der Waals surface area contributed by atoms with Crippen LogP contribution in [0.1, 0.15) is 15.9 Å². The Balaban J connectivity index is 1.43. The Bertz CT molecular complexity index is 1480. The van der Waals surface area contributed by atoms with Gasteiger partial charge in [-0.05, 0) is 59.7 Å². The molecule has 0 radical (unpaired) electrons. The number of carbonyl (C=O) groups is 1. The number of nitrogen functional groups attached to an aromatic ring is 1. The molecule has 8 nitrogen and oxygen atoms in total. The number of nitrogens with one attached hydrogen (secondary N) is 1. The van der Waals surface area contributed by atoms with Crippen LogP contribution in [-0.4, -0.2) is 48.6 Å². The molecule has 1 aliphatic rings. The van der Waals surface area contributed by atoms with Crippen molar-refractivity contribution in [2.45, 2.75) is 11.4 Å². The summed E-state index contributed by atoms with van der Waals surface area (Å²) in [6, 6.07) is 17.8. The van der Waals surface area contributed by atoms with Gasteiger partial charge in [0.1, 0.15) is 12.4 Å². The number of hydrogen-bond acceptors (Lipinski definition) is 6. The van der Waals surface area contributed by atoms with E-state index in [4.69, 9.17) is 10.5 Å². The molecule has 1 aliphatic heterocycles. The Morgan fingerprint density at radius 3 is 2.55 bits per heavy atom. The molecule has 0 fully saturated rings. The molecule has 3 aromatic carbocycles. The molecule has 5 rings (SSSR count). The van der Waals surface area contributed by atoms with E-state index >= 15 is 0 Å². The molecule has 9 heteroatoms. The van der Waals surface area contributed by atoms with Crippen LogP contribution in [0.2, 0.25) is 0 Å². The highest BCUT2D eigenvalue weighted by atomic mass is 32.2. The van der Waals surface area contributed by atoms with E-state index in [0.717, 1.165) is 39.7 Å². The van der Waals surface area contributed by atoms with Crippen molar-refractivity contribution in [1.82, 2.24) is 14.9 Å². The minimum atomic E-state index is -3.32. The minimum absolute atomic E-state index is 0.175. The lowest BCUT2D eigenvalue weighted by molar-refractivity contribution is 0.0733. The number of carbonyl (C=O) groups excluding carboxylic acids is 1. The van der Waals surface area contributed by atoms with Gasteiger partial charge in [-0.25, -0.2) is 13.4 Å². The second-order valence-electron chi connectivity index (χ2n) is 8.05. The number of nitrogens with two attached hydrogens (primary N) is 1. The summed E-state index contributed by atoms with van der Waals surface area (Å²) in [5.41, 5.74) is 10.7. The van der Waals surface area contributed by atoms with Gasteiger partial charge in [-0.3, -0.25) is 4.79 Å². The number of H-pyrrole nitrogens is 1. The highest BCUT2D eigenvalue weighted by molar-refractivity contribution is 7.90. The van der Waals surface area contributed by atoms with Gasteiger partial charge in [0.15, 0.2) is 15.8 Å². The third-order valence-electron chi connectivity index (χ3n) is 5.69. The molecule has 0 unspecified atom stereocenters. The molecular weight excluding hydrogens is 440 g/mol. The fraction of sp³-hybridized carbons (Fsp3) is 0.167. The first-order valence-corrected chi connectivity index (χ1v) is 12.3. The fourth-order valence-electron chi connectivity index (χ4n) is 3.98. The van der Waals surface area contributed by atoms with Crippen molar-refractivity contribution in [1.29, 1.82) is 0 Å². The predicted octanol–water partition coefficient (Wildman–Crippen LogP) is 3.25. The maximum absolute atomic E-state index is 13.1. The van der Waals surface area contributed by atoms with Crippen LogP contribution in [0.25, 0.3) is 22.2 Å². The van der Waals surface area contributed by atoms with E-state index < -0.39 is 9.84 Å². The first kappa shape index (κ1) is 21.0. The summed E-state index contributed by atoms with van der Waals surface area (Å²) in [6.45, 7) is 1.18. The molecule has 1 amide bonds. The predicted molar refractivity (Wildman–Crippen MR) is 126 cm³/mol. The number of fused-ring (bicyclic) bond motifs is 2. The molecule has 0 bridgehead atoms. The van der Waals surface area contributed by atoms with E-state index in [9.17, 15) is 13.2 Å². The van der Waals surface area contributed by atoms with E-state index in [1.165, 1.54) is 12.1 Å². The smallest absolute Gasteiger partial charge is 0.254 e. The number of rotatable bonds is 3. The lowest BCUT2D eigenvalue weighted by atomic mass is 10.0. The molecule has 0 spiro atoms. The summed E-state index contributed by atoms with van der Waals surface area (Å²) in [6.07, 6.45) is 1.14. The third-order valence-corrected chi connectivity index (χ3v) is 6.82. The second-order valence-corrected chi connectivity index (χ2v) is 10.1. The van der Waals surface area contributed by atoms with Crippen molar-refractivity contribution in [3.8, 4) is 16.9 Å². The molecule has 3 N–H and O–H groups in total. The summed E-state index contributed by atoms with van der Waals surface area (Å²) in [5.74, 6) is 0.941. The number of amides is 1. The van der Waals surface area contributed by atoms with Crippen LogP contribution < -0.4 is 10.5 Å². The van der Waals surface area contributed by atoms with Gasteiger partial charge >= 0.3 is 0 Å². The summed E-state index contributed by atoms with van der Waals surface area (Å²) in [7, 11) is -3.32. The normalized spacial score (nSPS) is 13.9. The van der Waals surface area contributed by atoms with E-state index in [1.807, 2.05) is 36.4 Å². The van der Waals surface area contributed by atoms with E-state index in [1.54, 1.807) is 17.0 Å².